The second-order valence-electron chi connectivity index (χ2n) is 4.85. The Labute approximate surface area is 111 Å². The number of carbonyl (C=O) groups is 1. The van der Waals surface area contributed by atoms with Crippen LogP contribution in [-0.2, 0) is 11.3 Å². The number of halogens is 1. The molecule has 1 aromatic carbocycles. The first kappa shape index (κ1) is 14.0. The highest BCUT2D eigenvalue weighted by Crippen LogP contribution is 2.28. The van der Waals surface area contributed by atoms with E-state index in [1.807, 2.05) is 0 Å². The van der Waals surface area contributed by atoms with E-state index in [0.717, 1.165) is 25.5 Å². The third-order valence-corrected chi connectivity index (χ3v) is 3.24. The lowest BCUT2D eigenvalue weighted by Gasteiger charge is -2.21. The van der Waals surface area contributed by atoms with Gasteiger partial charge in [-0.05, 0) is 36.6 Å². The predicted octanol–water partition coefficient (Wildman–Crippen LogP) is 2.13. The van der Waals surface area contributed by atoms with Gasteiger partial charge in [-0.3, -0.25) is 4.90 Å². The van der Waals surface area contributed by atoms with Crippen molar-refractivity contribution >= 4 is 5.97 Å². The van der Waals surface area contributed by atoms with Crippen molar-refractivity contribution in [3.63, 3.8) is 0 Å². The quantitative estimate of drug-likeness (QED) is 0.822. The maximum Gasteiger partial charge on any atom is 0.335 e. The molecule has 0 heterocycles. The third kappa shape index (κ3) is 4.01. The molecule has 19 heavy (non-hydrogen) atoms. The van der Waals surface area contributed by atoms with Crippen molar-refractivity contribution in [2.24, 2.45) is 0 Å². The van der Waals surface area contributed by atoms with Crippen LogP contribution >= 0.6 is 0 Å². The monoisotopic (exact) mass is 267 g/mol. The zero-order chi connectivity index (χ0) is 13.8. The Morgan fingerprint density at radius 3 is 2.79 bits per heavy atom. The van der Waals surface area contributed by atoms with Crippen molar-refractivity contribution in [2.45, 2.75) is 25.4 Å². The van der Waals surface area contributed by atoms with Crippen molar-refractivity contribution in [1.82, 2.24) is 4.90 Å². The van der Waals surface area contributed by atoms with Gasteiger partial charge in [-0.25, -0.2) is 9.18 Å². The van der Waals surface area contributed by atoms with Crippen LogP contribution in [0.2, 0.25) is 0 Å². The highest BCUT2D eigenvalue weighted by molar-refractivity contribution is 5.87. The summed E-state index contributed by atoms with van der Waals surface area (Å²) in [6, 6.07) is 4.50. The van der Waals surface area contributed by atoms with Crippen molar-refractivity contribution in [1.29, 1.82) is 0 Å². The van der Waals surface area contributed by atoms with Crippen LogP contribution in [0.5, 0.6) is 0 Å². The molecular weight excluding hydrogens is 249 g/mol. The molecule has 0 spiro atoms. The minimum absolute atomic E-state index is 0.00233. The van der Waals surface area contributed by atoms with Crippen molar-refractivity contribution in [3.8, 4) is 0 Å². The Morgan fingerprint density at radius 1 is 1.47 bits per heavy atom. The lowest BCUT2D eigenvalue weighted by Crippen LogP contribution is -2.29. The van der Waals surface area contributed by atoms with Crippen LogP contribution in [0.3, 0.4) is 0 Å². The number of hydrogen-bond acceptors (Lipinski definition) is 3. The van der Waals surface area contributed by atoms with E-state index in [0.29, 0.717) is 24.8 Å². The molecule has 2 rings (SSSR count). The molecule has 0 bridgehead atoms. The minimum atomic E-state index is -1.10. The molecule has 0 amide bonds. The molecule has 0 aliphatic heterocycles. The SMILES string of the molecule is COCCN(Cc1cc(F)cc(C(=O)O)c1)C1CC1. The van der Waals surface area contributed by atoms with E-state index in [2.05, 4.69) is 4.90 Å². The van der Waals surface area contributed by atoms with E-state index in [9.17, 15) is 9.18 Å². The number of nitrogens with zero attached hydrogens (tertiary/aromatic N) is 1. The average molecular weight is 267 g/mol. The van der Waals surface area contributed by atoms with Crippen LogP contribution in [0.15, 0.2) is 18.2 Å². The van der Waals surface area contributed by atoms with Gasteiger partial charge in [0.1, 0.15) is 5.82 Å². The van der Waals surface area contributed by atoms with E-state index < -0.39 is 11.8 Å². The Morgan fingerprint density at radius 2 is 2.21 bits per heavy atom. The first-order valence-corrected chi connectivity index (χ1v) is 6.36. The summed E-state index contributed by atoms with van der Waals surface area (Å²) in [6.45, 7) is 1.96. The van der Waals surface area contributed by atoms with Gasteiger partial charge in [0, 0.05) is 26.2 Å². The summed E-state index contributed by atoms with van der Waals surface area (Å²) in [5.74, 6) is -1.60. The zero-order valence-corrected chi connectivity index (χ0v) is 10.9. The Hall–Kier alpha value is -1.46. The van der Waals surface area contributed by atoms with E-state index >= 15 is 0 Å². The maximum absolute atomic E-state index is 13.4. The largest absolute Gasteiger partial charge is 0.478 e. The molecule has 104 valence electrons. The van der Waals surface area contributed by atoms with Gasteiger partial charge in [-0.1, -0.05) is 0 Å². The number of benzene rings is 1. The van der Waals surface area contributed by atoms with Crippen LogP contribution in [0.25, 0.3) is 0 Å². The van der Waals surface area contributed by atoms with E-state index in [1.54, 1.807) is 7.11 Å². The van der Waals surface area contributed by atoms with Crippen LogP contribution in [-0.4, -0.2) is 42.3 Å². The summed E-state index contributed by atoms with van der Waals surface area (Å²) in [6.07, 6.45) is 2.29. The number of rotatable bonds is 7. The van der Waals surface area contributed by atoms with Gasteiger partial charge in [-0.15, -0.1) is 0 Å². The van der Waals surface area contributed by atoms with Gasteiger partial charge in [0.25, 0.3) is 0 Å². The number of aromatic carboxylic acids is 1. The van der Waals surface area contributed by atoms with E-state index in [1.165, 1.54) is 12.1 Å². The second-order valence-corrected chi connectivity index (χ2v) is 4.85. The number of carboxylic acids is 1. The molecule has 1 saturated carbocycles. The van der Waals surface area contributed by atoms with Crippen molar-refractivity contribution in [3.05, 3.63) is 35.1 Å². The smallest absolute Gasteiger partial charge is 0.335 e. The molecule has 0 saturated heterocycles. The van der Waals surface area contributed by atoms with Gasteiger partial charge in [0.15, 0.2) is 0 Å². The Kier molecular flexibility index (Phi) is 4.50. The fourth-order valence-electron chi connectivity index (χ4n) is 2.14. The van der Waals surface area contributed by atoms with Crippen LogP contribution in [0, 0.1) is 5.82 Å². The summed E-state index contributed by atoms with van der Waals surface area (Å²) in [5.41, 5.74) is 0.692. The van der Waals surface area contributed by atoms with Crippen LogP contribution in [0.4, 0.5) is 4.39 Å². The number of carboxylic acid groups (broad SMARTS) is 1. The molecule has 0 atom stereocenters. The zero-order valence-electron chi connectivity index (χ0n) is 10.9. The van der Waals surface area contributed by atoms with E-state index in [-0.39, 0.29) is 5.56 Å². The Balaban J connectivity index is 2.09. The molecule has 1 aliphatic carbocycles. The average Bonchev–Trinajstić information content (AvgIpc) is 3.17. The first-order valence-electron chi connectivity index (χ1n) is 6.36. The first-order chi connectivity index (χ1) is 9.10. The van der Waals surface area contributed by atoms with Crippen molar-refractivity contribution < 1.29 is 19.0 Å². The molecule has 1 fully saturated rings. The van der Waals surface area contributed by atoms with Crippen molar-refractivity contribution in [2.75, 3.05) is 20.3 Å². The summed E-state index contributed by atoms with van der Waals surface area (Å²) < 4.78 is 18.5. The lowest BCUT2D eigenvalue weighted by atomic mass is 10.1. The molecule has 1 aromatic rings. The second kappa shape index (κ2) is 6.12. The van der Waals surface area contributed by atoms with Crippen LogP contribution < -0.4 is 0 Å². The molecule has 0 aromatic heterocycles. The van der Waals surface area contributed by atoms with E-state index in [4.69, 9.17) is 9.84 Å². The van der Waals surface area contributed by atoms with Gasteiger partial charge in [0.2, 0.25) is 0 Å². The molecule has 5 heteroatoms. The summed E-state index contributed by atoms with van der Waals surface area (Å²) in [7, 11) is 1.65. The normalized spacial score (nSPS) is 14.9. The maximum atomic E-state index is 13.4. The minimum Gasteiger partial charge on any atom is -0.478 e. The molecule has 0 unspecified atom stereocenters. The number of ether oxygens (including phenoxy) is 1. The standard InChI is InChI=1S/C14H18FNO3/c1-19-5-4-16(13-2-3-13)9-10-6-11(14(17)18)8-12(15)7-10/h6-8,13H,2-5,9H2,1H3,(H,17,18). The molecule has 0 radical (unpaired) electrons. The van der Waals surface area contributed by atoms with Crippen LogP contribution in [0.1, 0.15) is 28.8 Å². The summed E-state index contributed by atoms with van der Waals surface area (Å²) in [4.78, 5) is 13.1. The summed E-state index contributed by atoms with van der Waals surface area (Å²) in [5, 5.41) is 8.93. The summed E-state index contributed by atoms with van der Waals surface area (Å²) >= 11 is 0. The number of hydrogen-bond donors (Lipinski definition) is 1. The highest BCUT2D eigenvalue weighted by atomic mass is 19.1. The van der Waals surface area contributed by atoms with Gasteiger partial charge < -0.3 is 9.84 Å². The topological polar surface area (TPSA) is 49.8 Å². The van der Waals surface area contributed by atoms with Gasteiger partial charge in [-0.2, -0.15) is 0 Å². The highest BCUT2D eigenvalue weighted by Gasteiger charge is 2.28. The Bertz CT molecular complexity index is 460. The third-order valence-electron chi connectivity index (χ3n) is 3.24. The lowest BCUT2D eigenvalue weighted by molar-refractivity contribution is 0.0696. The van der Waals surface area contributed by atoms with Gasteiger partial charge >= 0.3 is 5.97 Å². The predicted molar refractivity (Wildman–Crippen MR) is 68.7 cm³/mol. The van der Waals surface area contributed by atoms with Gasteiger partial charge in [0.05, 0.1) is 12.2 Å². The number of methoxy groups -OCH3 is 1. The fourth-order valence-corrected chi connectivity index (χ4v) is 2.14. The molecular formula is C14H18FNO3. The molecule has 1 N–H and O–H groups in total. The molecule has 1 aliphatic rings. The fraction of sp³-hybridized carbons (Fsp3) is 0.500. The molecule has 4 nitrogen and oxygen atoms in total.